The molecule has 1 amide bonds. The monoisotopic (exact) mass is 384 g/mol. The lowest BCUT2D eigenvalue weighted by atomic mass is 9.74. The number of benzene rings is 1. The Morgan fingerprint density at radius 1 is 1.23 bits per heavy atom. The van der Waals surface area contributed by atoms with Gasteiger partial charge in [0, 0.05) is 12.1 Å². The van der Waals surface area contributed by atoms with Gasteiger partial charge in [-0.3, -0.25) is 9.59 Å². The normalized spacial score (nSPS) is 16.7. The number of carboxylic acids is 1. The molecule has 0 radical (unpaired) electrons. The van der Waals surface area contributed by atoms with E-state index in [9.17, 15) is 23.1 Å². The lowest BCUT2D eigenvalue weighted by Gasteiger charge is -2.33. The fourth-order valence-electron chi connectivity index (χ4n) is 3.18. The molecular formula is C17H24N2O6S. The largest absolute Gasteiger partial charge is 0.495 e. The predicted octanol–water partition coefficient (Wildman–Crippen LogP) is 1.37. The summed E-state index contributed by atoms with van der Waals surface area (Å²) in [6.45, 7) is 0.0152. The van der Waals surface area contributed by atoms with Gasteiger partial charge in [0.15, 0.2) is 0 Å². The average Bonchev–Trinajstić information content (AvgIpc) is 2.66. The van der Waals surface area contributed by atoms with Gasteiger partial charge in [-0.2, -0.15) is 0 Å². The van der Waals surface area contributed by atoms with Crippen molar-refractivity contribution in [2.45, 2.75) is 37.0 Å². The zero-order chi connectivity index (χ0) is 19.4. The summed E-state index contributed by atoms with van der Waals surface area (Å²) < 4.78 is 31.4. The molecule has 1 fully saturated rings. The molecule has 26 heavy (non-hydrogen) atoms. The number of nitrogens with one attached hydrogen (secondary N) is 2. The minimum atomic E-state index is -3.81. The van der Waals surface area contributed by atoms with Crippen molar-refractivity contribution >= 4 is 21.9 Å². The summed E-state index contributed by atoms with van der Waals surface area (Å²) in [5.74, 6) is -1.32. The number of aliphatic carboxylic acids is 1. The third-order valence-corrected chi connectivity index (χ3v) is 6.27. The molecule has 0 aliphatic heterocycles. The average molecular weight is 384 g/mol. The standard InChI is InChI=1S/C17H24N2O6S/c1-18-26(23,24)14-10-12(6-7-13(14)25-2)15(20)19-11-17(16(21)22)8-4-3-5-9-17/h6-7,10,18H,3-5,8-9,11H2,1-2H3,(H,19,20)(H,21,22). The number of carbonyl (C=O) groups is 2. The van der Waals surface area contributed by atoms with E-state index < -0.39 is 27.3 Å². The van der Waals surface area contributed by atoms with E-state index in [4.69, 9.17) is 4.74 Å². The van der Waals surface area contributed by atoms with Gasteiger partial charge in [-0.1, -0.05) is 19.3 Å². The molecule has 1 aliphatic carbocycles. The Hall–Kier alpha value is -2.13. The van der Waals surface area contributed by atoms with Crippen LogP contribution in [0.3, 0.4) is 0 Å². The molecule has 0 unspecified atom stereocenters. The van der Waals surface area contributed by atoms with Crippen molar-refractivity contribution in [1.82, 2.24) is 10.0 Å². The number of sulfonamides is 1. The highest BCUT2D eigenvalue weighted by Gasteiger charge is 2.39. The van der Waals surface area contributed by atoms with Gasteiger partial charge in [-0.25, -0.2) is 13.1 Å². The molecule has 144 valence electrons. The minimum absolute atomic E-state index is 0.0152. The van der Waals surface area contributed by atoms with Crippen LogP contribution in [0.2, 0.25) is 0 Å². The number of methoxy groups -OCH3 is 1. The second-order valence-corrected chi connectivity index (χ2v) is 8.26. The van der Waals surface area contributed by atoms with Crippen LogP contribution in [0.25, 0.3) is 0 Å². The maximum atomic E-state index is 12.5. The third-order valence-electron chi connectivity index (χ3n) is 4.84. The molecule has 1 saturated carbocycles. The smallest absolute Gasteiger partial charge is 0.311 e. The van der Waals surface area contributed by atoms with Crippen molar-refractivity contribution in [3.63, 3.8) is 0 Å². The Bertz CT molecular complexity index is 784. The Morgan fingerprint density at radius 3 is 2.42 bits per heavy atom. The summed E-state index contributed by atoms with van der Waals surface area (Å²) in [5, 5.41) is 12.2. The Balaban J connectivity index is 2.22. The third kappa shape index (κ3) is 4.16. The van der Waals surface area contributed by atoms with E-state index in [-0.39, 0.29) is 22.8 Å². The van der Waals surface area contributed by atoms with Gasteiger partial charge in [0.05, 0.1) is 12.5 Å². The number of carboxylic acid groups (broad SMARTS) is 1. The minimum Gasteiger partial charge on any atom is -0.495 e. The molecule has 9 heteroatoms. The first kappa shape index (κ1) is 20.2. The van der Waals surface area contributed by atoms with E-state index in [1.807, 2.05) is 0 Å². The van der Waals surface area contributed by atoms with E-state index >= 15 is 0 Å². The maximum absolute atomic E-state index is 12.5. The van der Waals surface area contributed by atoms with Crippen LogP contribution in [0.5, 0.6) is 5.75 Å². The van der Waals surface area contributed by atoms with Crippen LogP contribution in [-0.4, -0.2) is 46.1 Å². The van der Waals surface area contributed by atoms with Crippen molar-refractivity contribution in [3.05, 3.63) is 23.8 Å². The van der Waals surface area contributed by atoms with Gasteiger partial charge < -0.3 is 15.2 Å². The highest BCUT2D eigenvalue weighted by Crippen LogP contribution is 2.36. The van der Waals surface area contributed by atoms with Gasteiger partial charge in [0.1, 0.15) is 10.6 Å². The number of hydrogen-bond donors (Lipinski definition) is 3. The SMILES string of the molecule is CNS(=O)(=O)c1cc(C(=O)NCC2(C(=O)O)CCCCC2)ccc1OC. The van der Waals surface area contributed by atoms with Crippen molar-refractivity contribution in [1.29, 1.82) is 0 Å². The zero-order valence-corrected chi connectivity index (χ0v) is 15.7. The summed E-state index contributed by atoms with van der Waals surface area (Å²) in [6, 6.07) is 4.05. The van der Waals surface area contributed by atoms with Crippen molar-refractivity contribution in [2.75, 3.05) is 20.7 Å². The van der Waals surface area contributed by atoms with E-state index in [1.165, 1.54) is 32.4 Å². The number of carbonyl (C=O) groups excluding carboxylic acids is 1. The molecule has 2 rings (SSSR count). The molecule has 0 spiro atoms. The maximum Gasteiger partial charge on any atom is 0.311 e. The summed E-state index contributed by atoms with van der Waals surface area (Å²) in [6.07, 6.45) is 3.66. The van der Waals surface area contributed by atoms with Crippen LogP contribution in [0.15, 0.2) is 23.1 Å². The lowest BCUT2D eigenvalue weighted by Crippen LogP contribution is -2.44. The van der Waals surface area contributed by atoms with Gasteiger partial charge in [0.2, 0.25) is 10.0 Å². The second kappa shape index (κ2) is 8.05. The molecule has 0 aromatic heterocycles. The summed E-state index contributed by atoms with van der Waals surface area (Å²) in [7, 11) is -1.21. The molecule has 1 aliphatic rings. The van der Waals surface area contributed by atoms with Gasteiger partial charge in [-0.15, -0.1) is 0 Å². The fourth-order valence-corrected chi connectivity index (χ4v) is 4.10. The Morgan fingerprint density at radius 2 is 1.88 bits per heavy atom. The number of rotatable bonds is 7. The van der Waals surface area contributed by atoms with Gasteiger partial charge in [-0.05, 0) is 38.1 Å². The van der Waals surface area contributed by atoms with Gasteiger partial charge in [0.25, 0.3) is 5.91 Å². The molecule has 1 aromatic carbocycles. The number of amides is 1. The predicted molar refractivity (Wildman–Crippen MR) is 94.7 cm³/mol. The molecule has 1 aromatic rings. The van der Waals surface area contributed by atoms with E-state index in [0.29, 0.717) is 12.8 Å². The van der Waals surface area contributed by atoms with Crippen LogP contribution >= 0.6 is 0 Å². The van der Waals surface area contributed by atoms with E-state index in [2.05, 4.69) is 10.0 Å². The fraction of sp³-hybridized carbons (Fsp3) is 0.529. The number of hydrogen-bond acceptors (Lipinski definition) is 5. The highest BCUT2D eigenvalue weighted by atomic mass is 32.2. The summed E-state index contributed by atoms with van der Waals surface area (Å²) >= 11 is 0. The quantitative estimate of drug-likeness (QED) is 0.653. The highest BCUT2D eigenvalue weighted by molar-refractivity contribution is 7.89. The Kier molecular flexibility index (Phi) is 6.25. The van der Waals surface area contributed by atoms with Crippen molar-refractivity contribution in [2.24, 2.45) is 5.41 Å². The summed E-state index contributed by atoms with van der Waals surface area (Å²) in [5.41, 5.74) is -0.837. The molecule has 3 N–H and O–H groups in total. The second-order valence-electron chi connectivity index (χ2n) is 6.40. The van der Waals surface area contributed by atoms with E-state index in [1.54, 1.807) is 0 Å². The van der Waals surface area contributed by atoms with Crippen molar-refractivity contribution < 1.29 is 27.9 Å². The molecule has 0 saturated heterocycles. The van der Waals surface area contributed by atoms with Crippen LogP contribution < -0.4 is 14.8 Å². The zero-order valence-electron chi connectivity index (χ0n) is 14.9. The topological polar surface area (TPSA) is 122 Å². The molecule has 0 heterocycles. The Labute approximate surface area is 153 Å². The molecule has 0 bridgehead atoms. The van der Waals surface area contributed by atoms with Crippen LogP contribution in [0, 0.1) is 5.41 Å². The van der Waals surface area contributed by atoms with Crippen LogP contribution in [-0.2, 0) is 14.8 Å². The first-order valence-corrected chi connectivity index (χ1v) is 9.87. The van der Waals surface area contributed by atoms with Crippen LogP contribution in [0.4, 0.5) is 0 Å². The summed E-state index contributed by atoms with van der Waals surface area (Å²) in [4.78, 5) is 24.0. The first-order valence-electron chi connectivity index (χ1n) is 8.39. The number of ether oxygens (including phenoxy) is 1. The van der Waals surface area contributed by atoms with Crippen molar-refractivity contribution in [3.8, 4) is 5.75 Å². The molecule has 8 nitrogen and oxygen atoms in total. The molecule has 0 atom stereocenters. The van der Waals surface area contributed by atoms with Gasteiger partial charge >= 0.3 is 5.97 Å². The van der Waals surface area contributed by atoms with Crippen LogP contribution in [0.1, 0.15) is 42.5 Å². The molecular weight excluding hydrogens is 360 g/mol. The lowest BCUT2D eigenvalue weighted by molar-refractivity contribution is -0.150. The first-order chi connectivity index (χ1) is 12.3. The van der Waals surface area contributed by atoms with E-state index in [0.717, 1.165) is 19.3 Å².